The van der Waals surface area contributed by atoms with Crippen molar-refractivity contribution in [3.8, 4) is 23.0 Å². The summed E-state index contributed by atoms with van der Waals surface area (Å²) in [6.45, 7) is 10.2. The zero-order chi connectivity index (χ0) is 18.9. The third kappa shape index (κ3) is 5.02. The van der Waals surface area contributed by atoms with Crippen LogP contribution in [0.5, 0.6) is 23.0 Å². The molecule has 5 nitrogen and oxygen atoms in total. The van der Waals surface area contributed by atoms with Crippen molar-refractivity contribution >= 4 is 5.97 Å². The number of carbonyl (C=O) groups excluding carboxylic acids is 1. The first kappa shape index (κ1) is 19.4. The summed E-state index contributed by atoms with van der Waals surface area (Å²) in [6.07, 6.45) is -0.532. The quantitative estimate of drug-likeness (QED) is 0.378. The van der Waals surface area contributed by atoms with Crippen LogP contribution >= 0.6 is 0 Å². The Labute approximate surface area is 154 Å². The van der Waals surface area contributed by atoms with Gasteiger partial charge in [-0.15, -0.1) is 0 Å². The van der Waals surface area contributed by atoms with Crippen molar-refractivity contribution in [3.63, 3.8) is 0 Å². The molecule has 0 saturated carbocycles. The standard InChI is InChI=1S/C21H24O5/c1-5-23-18-13-10-14-19(20(18)24-6-2)26-21(22)15(3)16(4)25-17-11-8-7-9-12-17/h7-14,16H,3,5-6H2,1-2,4H3. The van der Waals surface area contributed by atoms with Gasteiger partial charge >= 0.3 is 5.97 Å². The molecule has 0 heterocycles. The van der Waals surface area contributed by atoms with Gasteiger partial charge in [0.05, 0.1) is 18.8 Å². The summed E-state index contributed by atoms with van der Waals surface area (Å²) >= 11 is 0. The second-order valence-electron chi connectivity index (χ2n) is 5.44. The van der Waals surface area contributed by atoms with Gasteiger partial charge in [0.25, 0.3) is 0 Å². The van der Waals surface area contributed by atoms with Crippen molar-refractivity contribution in [3.05, 3.63) is 60.7 Å². The highest BCUT2D eigenvalue weighted by Gasteiger charge is 2.21. The van der Waals surface area contributed by atoms with E-state index in [1.807, 2.05) is 44.2 Å². The Kier molecular flexibility index (Phi) is 7.09. The molecule has 2 rings (SSSR count). The van der Waals surface area contributed by atoms with E-state index in [2.05, 4.69) is 6.58 Å². The molecule has 5 heteroatoms. The zero-order valence-corrected chi connectivity index (χ0v) is 15.4. The van der Waals surface area contributed by atoms with E-state index < -0.39 is 12.1 Å². The summed E-state index contributed by atoms with van der Waals surface area (Å²) in [4.78, 5) is 12.5. The lowest BCUT2D eigenvalue weighted by Crippen LogP contribution is -2.24. The molecule has 0 spiro atoms. The molecule has 0 bridgehead atoms. The number of rotatable bonds is 9. The highest BCUT2D eigenvalue weighted by atomic mass is 16.6. The van der Waals surface area contributed by atoms with Crippen LogP contribution in [0.4, 0.5) is 0 Å². The predicted octanol–water partition coefficient (Wildman–Crippen LogP) is 4.41. The van der Waals surface area contributed by atoms with Crippen LogP contribution in [-0.2, 0) is 4.79 Å². The monoisotopic (exact) mass is 356 g/mol. The van der Waals surface area contributed by atoms with Gasteiger partial charge in [-0.1, -0.05) is 30.8 Å². The SMILES string of the molecule is C=C(C(=O)Oc1cccc(OCC)c1OCC)C(C)Oc1ccccc1. The second-order valence-corrected chi connectivity index (χ2v) is 5.44. The third-order valence-electron chi connectivity index (χ3n) is 3.54. The van der Waals surface area contributed by atoms with Gasteiger partial charge in [0.1, 0.15) is 11.9 Å². The molecule has 0 saturated heterocycles. The maximum absolute atomic E-state index is 12.5. The van der Waals surface area contributed by atoms with E-state index in [9.17, 15) is 4.79 Å². The Morgan fingerprint density at radius 1 is 0.962 bits per heavy atom. The minimum Gasteiger partial charge on any atom is -0.490 e. The second kappa shape index (κ2) is 9.51. The molecule has 138 valence electrons. The molecular formula is C21H24O5. The van der Waals surface area contributed by atoms with Crippen LogP contribution in [0.2, 0.25) is 0 Å². The van der Waals surface area contributed by atoms with Crippen LogP contribution in [0, 0.1) is 0 Å². The van der Waals surface area contributed by atoms with Gasteiger partial charge in [0.15, 0.2) is 11.5 Å². The fourth-order valence-corrected chi connectivity index (χ4v) is 2.24. The number of hydrogen-bond donors (Lipinski definition) is 0. The summed E-state index contributed by atoms with van der Waals surface area (Å²) in [5.41, 5.74) is 0.207. The summed E-state index contributed by atoms with van der Waals surface area (Å²) in [7, 11) is 0. The summed E-state index contributed by atoms with van der Waals surface area (Å²) in [5.74, 6) is 1.29. The summed E-state index contributed by atoms with van der Waals surface area (Å²) in [6, 6.07) is 14.4. The van der Waals surface area contributed by atoms with Gasteiger partial charge in [-0.05, 0) is 45.0 Å². The number of benzene rings is 2. The zero-order valence-electron chi connectivity index (χ0n) is 15.4. The smallest absolute Gasteiger partial charge is 0.342 e. The van der Waals surface area contributed by atoms with E-state index in [0.29, 0.717) is 30.5 Å². The minimum atomic E-state index is -0.581. The Morgan fingerprint density at radius 3 is 2.27 bits per heavy atom. The van der Waals surface area contributed by atoms with Crippen LogP contribution in [-0.4, -0.2) is 25.3 Å². The molecule has 0 fully saturated rings. The van der Waals surface area contributed by atoms with E-state index in [1.165, 1.54) is 0 Å². The lowest BCUT2D eigenvalue weighted by molar-refractivity contribution is -0.131. The van der Waals surface area contributed by atoms with Crippen molar-refractivity contribution in [2.75, 3.05) is 13.2 Å². The lowest BCUT2D eigenvalue weighted by Gasteiger charge is -2.18. The highest BCUT2D eigenvalue weighted by Crippen LogP contribution is 2.37. The predicted molar refractivity (Wildman–Crippen MR) is 100 cm³/mol. The van der Waals surface area contributed by atoms with Gasteiger partial charge in [-0.25, -0.2) is 4.79 Å². The number of esters is 1. The number of ether oxygens (including phenoxy) is 4. The van der Waals surface area contributed by atoms with Gasteiger partial charge in [0.2, 0.25) is 5.75 Å². The van der Waals surface area contributed by atoms with Gasteiger partial charge in [0, 0.05) is 0 Å². The van der Waals surface area contributed by atoms with Crippen LogP contribution in [0.1, 0.15) is 20.8 Å². The fraction of sp³-hybridized carbons (Fsp3) is 0.286. The van der Waals surface area contributed by atoms with Crippen LogP contribution in [0.25, 0.3) is 0 Å². The van der Waals surface area contributed by atoms with E-state index >= 15 is 0 Å². The van der Waals surface area contributed by atoms with E-state index in [1.54, 1.807) is 25.1 Å². The molecule has 0 N–H and O–H groups in total. The molecule has 1 atom stereocenters. The molecule has 1 unspecified atom stereocenters. The number of hydrogen-bond acceptors (Lipinski definition) is 5. The van der Waals surface area contributed by atoms with E-state index in [4.69, 9.17) is 18.9 Å². The lowest BCUT2D eigenvalue weighted by atomic mass is 10.2. The molecule has 0 aliphatic heterocycles. The Morgan fingerprint density at radius 2 is 1.62 bits per heavy atom. The normalized spacial score (nSPS) is 11.3. The Balaban J connectivity index is 2.10. The fourth-order valence-electron chi connectivity index (χ4n) is 2.24. The molecule has 26 heavy (non-hydrogen) atoms. The summed E-state index contributed by atoms with van der Waals surface area (Å²) in [5, 5.41) is 0. The Bertz CT molecular complexity index is 739. The summed E-state index contributed by atoms with van der Waals surface area (Å²) < 4.78 is 22.3. The van der Waals surface area contributed by atoms with Gasteiger partial charge in [-0.3, -0.25) is 0 Å². The largest absolute Gasteiger partial charge is 0.490 e. The molecular weight excluding hydrogens is 332 g/mol. The average Bonchev–Trinajstić information content (AvgIpc) is 2.64. The molecule has 0 amide bonds. The van der Waals surface area contributed by atoms with Crippen LogP contribution in [0.3, 0.4) is 0 Å². The van der Waals surface area contributed by atoms with Crippen molar-refractivity contribution in [1.82, 2.24) is 0 Å². The third-order valence-corrected chi connectivity index (χ3v) is 3.54. The maximum atomic E-state index is 12.5. The first-order valence-corrected chi connectivity index (χ1v) is 8.58. The number of carbonyl (C=O) groups is 1. The first-order chi connectivity index (χ1) is 12.6. The molecule has 2 aromatic rings. The maximum Gasteiger partial charge on any atom is 0.342 e. The first-order valence-electron chi connectivity index (χ1n) is 8.58. The number of para-hydroxylation sites is 2. The topological polar surface area (TPSA) is 54.0 Å². The minimum absolute atomic E-state index is 0.207. The molecule has 0 aromatic heterocycles. The molecule has 0 aliphatic carbocycles. The van der Waals surface area contributed by atoms with Crippen molar-refractivity contribution in [2.24, 2.45) is 0 Å². The molecule has 0 aliphatic rings. The van der Waals surface area contributed by atoms with Crippen LogP contribution < -0.4 is 18.9 Å². The Hall–Kier alpha value is -2.95. The molecule has 2 aromatic carbocycles. The van der Waals surface area contributed by atoms with E-state index in [-0.39, 0.29) is 11.3 Å². The highest BCUT2D eigenvalue weighted by molar-refractivity contribution is 5.91. The van der Waals surface area contributed by atoms with Gasteiger partial charge < -0.3 is 18.9 Å². The van der Waals surface area contributed by atoms with Crippen molar-refractivity contribution in [2.45, 2.75) is 26.9 Å². The average molecular weight is 356 g/mol. The molecule has 0 radical (unpaired) electrons. The van der Waals surface area contributed by atoms with Gasteiger partial charge in [-0.2, -0.15) is 0 Å². The van der Waals surface area contributed by atoms with E-state index in [0.717, 1.165) is 0 Å². The van der Waals surface area contributed by atoms with Crippen molar-refractivity contribution in [1.29, 1.82) is 0 Å². The van der Waals surface area contributed by atoms with Crippen LogP contribution in [0.15, 0.2) is 60.7 Å². The van der Waals surface area contributed by atoms with Crippen molar-refractivity contribution < 1.29 is 23.7 Å².